The Morgan fingerprint density at radius 2 is 1.85 bits per heavy atom. The van der Waals surface area contributed by atoms with E-state index in [0.29, 0.717) is 22.2 Å². The lowest BCUT2D eigenvalue weighted by Crippen LogP contribution is -1.93. The van der Waals surface area contributed by atoms with Crippen molar-refractivity contribution in [1.29, 1.82) is 0 Å². The molecule has 0 fully saturated rings. The van der Waals surface area contributed by atoms with Crippen LogP contribution in [0.5, 0.6) is 5.75 Å². The van der Waals surface area contributed by atoms with E-state index in [1.165, 1.54) is 19.4 Å². The van der Waals surface area contributed by atoms with Crippen LogP contribution in [0.1, 0.15) is 0 Å². The van der Waals surface area contributed by atoms with Gasteiger partial charge in [-0.3, -0.25) is 9.97 Å². The van der Waals surface area contributed by atoms with Gasteiger partial charge >= 0.3 is 0 Å². The molecule has 1 aromatic carbocycles. The molecule has 3 rings (SSSR count). The highest BCUT2D eigenvalue weighted by Gasteiger charge is 2.12. The van der Waals surface area contributed by atoms with Crippen LogP contribution in [0.2, 0.25) is 0 Å². The van der Waals surface area contributed by atoms with E-state index < -0.39 is 11.6 Å². The fraction of sp³-hybridized carbons (Fsp3) is 0.0667. The van der Waals surface area contributed by atoms with Gasteiger partial charge in [0.05, 0.1) is 24.3 Å². The molecular weight excluding hydrogens is 262 g/mol. The van der Waals surface area contributed by atoms with Crippen LogP contribution in [0, 0.1) is 17.7 Å². The number of ether oxygens (including phenoxy) is 1. The average molecular weight is 271 g/mol. The molecule has 0 spiro atoms. The Morgan fingerprint density at radius 1 is 1.10 bits per heavy atom. The smallest absolute Gasteiger partial charge is 0.173 e. The summed E-state index contributed by atoms with van der Waals surface area (Å²) in [4.78, 5) is 8.03. The van der Waals surface area contributed by atoms with Crippen molar-refractivity contribution in [3.63, 3.8) is 0 Å². The van der Waals surface area contributed by atoms with Crippen molar-refractivity contribution in [2.45, 2.75) is 0 Å². The van der Waals surface area contributed by atoms with Gasteiger partial charge in [0, 0.05) is 29.5 Å². The summed E-state index contributed by atoms with van der Waals surface area (Å²) in [5.74, 6) is -0.937. The summed E-state index contributed by atoms with van der Waals surface area (Å²) in [5, 5.41) is 0. The molecule has 0 saturated carbocycles. The summed E-state index contributed by atoms with van der Waals surface area (Å²) in [6.07, 6.45) is 2.57. The van der Waals surface area contributed by atoms with Crippen molar-refractivity contribution in [3.05, 3.63) is 54.4 Å². The molecule has 3 aromatic rings. The predicted molar refractivity (Wildman–Crippen MR) is 70.3 cm³/mol. The molecule has 0 amide bonds. The maximum absolute atomic E-state index is 14.2. The average Bonchev–Trinajstić information content (AvgIpc) is 2.47. The minimum Gasteiger partial charge on any atom is -0.493 e. The summed E-state index contributed by atoms with van der Waals surface area (Å²) >= 11 is 0. The first-order valence-corrected chi connectivity index (χ1v) is 5.85. The molecule has 0 saturated heterocycles. The number of nitrogens with zero attached hydrogens (tertiary/aromatic N) is 2. The molecule has 0 aliphatic rings. The maximum atomic E-state index is 14.2. The van der Waals surface area contributed by atoms with Gasteiger partial charge in [-0.2, -0.15) is 0 Å². The third-order valence-corrected chi connectivity index (χ3v) is 2.91. The van der Waals surface area contributed by atoms with Gasteiger partial charge in [-0.05, 0) is 12.1 Å². The number of benzene rings is 1. The molecule has 2 heterocycles. The largest absolute Gasteiger partial charge is 0.493 e. The maximum Gasteiger partial charge on any atom is 0.173 e. The normalized spacial score (nSPS) is 10.8. The molecule has 1 radical (unpaired) electrons. The van der Waals surface area contributed by atoms with Gasteiger partial charge in [0.25, 0.3) is 0 Å². The van der Waals surface area contributed by atoms with Crippen LogP contribution < -0.4 is 4.74 Å². The standard InChI is InChI=1S/C15H9F2N2O/c1-20-14-4-2-3-11(15(14)17)9-5-12-13(18-7-9)6-10(16)8-19-12/h2-3,5-8H,1H3. The second kappa shape index (κ2) is 4.85. The lowest BCUT2D eigenvalue weighted by molar-refractivity contribution is 0.386. The zero-order valence-corrected chi connectivity index (χ0v) is 10.5. The highest BCUT2D eigenvalue weighted by Crippen LogP contribution is 2.29. The third-order valence-electron chi connectivity index (χ3n) is 2.91. The van der Waals surface area contributed by atoms with E-state index >= 15 is 0 Å². The first-order chi connectivity index (χ1) is 9.69. The van der Waals surface area contributed by atoms with Crippen LogP contribution in [0.3, 0.4) is 0 Å². The van der Waals surface area contributed by atoms with Crippen LogP contribution >= 0.6 is 0 Å². The Labute approximate surface area is 113 Å². The van der Waals surface area contributed by atoms with Gasteiger partial charge in [-0.15, -0.1) is 0 Å². The molecule has 0 N–H and O–H groups in total. The molecule has 0 aliphatic heterocycles. The van der Waals surface area contributed by atoms with E-state index in [2.05, 4.69) is 16.0 Å². The van der Waals surface area contributed by atoms with E-state index in [-0.39, 0.29) is 5.75 Å². The van der Waals surface area contributed by atoms with Gasteiger partial charge in [0.1, 0.15) is 5.82 Å². The molecule has 5 heteroatoms. The second-order valence-electron chi connectivity index (χ2n) is 4.15. The summed E-state index contributed by atoms with van der Waals surface area (Å²) in [6.45, 7) is 0. The molecule has 0 bridgehead atoms. The van der Waals surface area contributed by atoms with Gasteiger partial charge in [-0.1, -0.05) is 6.07 Å². The Balaban J connectivity index is 2.17. The van der Waals surface area contributed by atoms with Gasteiger partial charge < -0.3 is 4.74 Å². The highest BCUT2D eigenvalue weighted by atomic mass is 19.1. The molecule has 2 aromatic heterocycles. The number of pyridine rings is 2. The highest BCUT2D eigenvalue weighted by molar-refractivity contribution is 5.80. The van der Waals surface area contributed by atoms with Crippen molar-refractivity contribution in [2.75, 3.05) is 7.11 Å². The SMILES string of the molecule is COc1[c]ccc(-c2cnc3cc(F)cnc3c2)c1F. The minimum atomic E-state index is -0.515. The number of aromatic nitrogens is 2. The number of rotatable bonds is 2. The van der Waals surface area contributed by atoms with Gasteiger partial charge in [-0.25, -0.2) is 8.78 Å². The fourth-order valence-corrected chi connectivity index (χ4v) is 1.96. The zero-order valence-electron chi connectivity index (χ0n) is 10.5. The monoisotopic (exact) mass is 271 g/mol. The Kier molecular flexibility index (Phi) is 3.02. The van der Waals surface area contributed by atoms with E-state index in [0.717, 1.165) is 6.20 Å². The van der Waals surface area contributed by atoms with E-state index in [9.17, 15) is 8.78 Å². The number of fused-ring (bicyclic) bond motifs is 1. The lowest BCUT2D eigenvalue weighted by Gasteiger charge is -2.07. The zero-order chi connectivity index (χ0) is 14.1. The third kappa shape index (κ3) is 2.07. The summed E-state index contributed by atoms with van der Waals surface area (Å²) < 4.78 is 32.1. The number of hydrogen-bond donors (Lipinski definition) is 0. The molecular formula is C15H9F2N2O. The van der Waals surface area contributed by atoms with Crippen molar-refractivity contribution in [3.8, 4) is 16.9 Å². The number of halogens is 2. The molecule has 20 heavy (non-hydrogen) atoms. The summed E-state index contributed by atoms with van der Waals surface area (Å²) in [7, 11) is 1.38. The van der Waals surface area contributed by atoms with Gasteiger partial charge in [0.2, 0.25) is 0 Å². The lowest BCUT2D eigenvalue weighted by atomic mass is 10.1. The molecule has 0 unspecified atom stereocenters. The Bertz CT molecular complexity index is 790. The van der Waals surface area contributed by atoms with Crippen molar-refractivity contribution in [2.24, 2.45) is 0 Å². The van der Waals surface area contributed by atoms with Crippen LogP contribution in [0.25, 0.3) is 22.2 Å². The van der Waals surface area contributed by atoms with E-state index in [4.69, 9.17) is 4.74 Å². The quantitative estimate of drug-likeness (QED) is 0.716. The molecule has 0 atom stereocenters. The van der Waals surface area contributed by atoms with Crippen molar-refractivity contribution in [1.82, 2.24) is 9.97 Å². The Hall–Kier alpha value is -2.56. The van der Waals surface area contributed by atoms with Crippen LogP contribution in [-0.4, -0.2) is 17.1 Å². The van der Waals surface area contributed by atoms with E-state index in [1.54, 1.807) is 18.2 Å². The van der Waals surface area contributed by atoms with Crippen LogP contribution in [0.15, 0.2) is 36.7 Å². The molecule has 99 valence electrons. The molecule has 0 aliphatic carbocycles. The van der Waals surface area contributed by atoms with Crippen molar-refractivity contribution >= 4 is 11.0 Å². The predicted octanol–water partition coefficient (Wildman–Crippen LogP) is 3.38. The van der Waals surface area contributed by atoms with Crippen LogP contribution in [-0.2, 0) is 0 Å². The van der Waals surface area contributed by atoms with Crippen molar-refractivity contribution < 1.29 is 13.5 Å². The number of methoxy groups -OCH3 is 1. The van der Waals surface area contributed by atoms with Gasteiger partial charge in [0.15, 0.2) is 11.6 Å². The fourth-order valence-electron chi connectivity index (χ4n) is 1.96. The second-order valence-corrected chi connectivity index (χ2v) is 4.15. The minimum absolute atomic E-state index is 0.0367. The topological polar surface area (TPSA) is 35.0 Å². The van der Waals surface area contributed by atoms with E-state index in [1.807, 2.05) is 0 Å². The Morgan fingerprint density at radius 3 is 2.65 bits per heavy atom. The first kappa shape index (κ1) is 12.5. The first-order valence-electron chi connectivity index (χ1n) is 5.85. The molecule has 3 nitrogen and oxygen atoms in total. The summed E-state index contributed by atoms with van der Waals surface area (Å²) in [6, 6.07) is 8.73. The van der Waals surface area contributed by atoms with Crippen LogP contribution in [0.4, 0.5) is 8.78 Å². The number of hydrogen-bond acceptors (Lipinski definition) is 3. The summed E-state index contributed by atoms with van der Waals surface area (Å²) in [5.41, 5.74) is 1.79.